The van der Waals surface area contributed by atoms with Gasteiger partial charge < -0.3 is 9.47 Å². The van der Waals surface area contributed by atoms with Crippen LogP contribution in [0.15, 0.2) is 67.0 Å². The molecule has 11 heteroatoms. The second kappa shape index (κ2) is 10.4. The molecular formula is C29H33F3N4O4. The van der Waals surface area contributed by atoms with E-state index >= 15 is 0 Å². The molecule has 1 fully saturated rings. The molecule has 0 amide bonds. The highest BCUT2D eigenvalue weighted by atomic mass is 19.4. The Labute approximate surface area is 231 Å². The van der Waals surface area contributed by atoms with Crippen LogP contribution in [0.1, 0.15) is 57.1 Å². The predicted octanol–water partition coefficient (Wildman–Crippen LogP) is 5.77. The van der Waals surface area contributed by atoms with Gasteiger partial charge in [-0.1, -0.05) is 30.3 Å². The minimum atomic E-state index is -4.89. The lowest BCUT2D eigenvalue weighted by molar-refractivity contribution is -0.274. The van der Waals surface area contributed by atoms with Gasteiger partial charge in [0.1, 0.15) is 17.0 Å². The summed E-state index contributed by atoms with van der Waals surface area (Å²) in [6.45, 7) is 5.47. The van der Waals surface area contributed by atoms with Gasteiger partial charge in [0, 0.05) is 30.9 Å². The third-order valence-electron chi connectivity index (χ3n) is 7.08. The van der Waals surface area contributed by atoms with E-state index in [9.17, 15) is 18.0 Å². The Morgan fingerprint density at radius 1 is 1.10 bits per heavy atom. The molecule has 2 heterocycles. The second-order valence-electron chi connectivity index (χ2n) is 11.2. The van der Waals surface area contributed by atoms with Crippen molar-refractivity contribution < 1.29 is 32.3 Å². The van der Waals surface area contributed by atoms with E-state index in [1.165, 1.54) is 12.1 Å². The number of nitrogens with one attached hydrogen (secondary N) is 2. The molecule has 1 unspecified atom stereocenters. The van der Waals surface area contributed by atoms with E-state index in [1.54, 1.807) is 41.6 Å². The summed E-state index contributed by atoms with van der Waals surface area (Å²) in [6.07, 6.45) is 2.24. The van der Waals surface area contributed by atoms with Gasteiger partial charge in [0.15, 0.2) is 0 Å². The Balaban J connectivity index is 1.58. The number of rotatable bonds is 5. The summed E-state index contributed by atoms with van der Waals surface area (Å²) in [5.74, 6) is -1.65. The number of halogens is 3. The number of ether oxygens (including phenoxy) is 2. The molecule has 1 aliphatic carbocycles. The van der Waals surface area contributed by atoms with E-state index in [0.717, 1.165) is 5.56 Å². The van der Waals surface area contributed by atoms with Gasteiger partial charge in [-0.25, -0.2) is 0 Å². The number of alkyl halides is 3. The quantitative estimate of drug-likeness (QED) is 0.449. The van der Waals surface area contributed by atoms with Crippen LogP contribution >= 0.6 is 0 Å². The molecule has 214 valence electrons. The molecule has 0 aromatic heterocycles. The molecule has 0 bridgehead atoms. The van der Waals surface area contributed by atoms with Gasteiger partial charge in [-0.05, 0) is 69.9 Å². The van der Waals surface area contributed by atoms with Gasteiger partial charge in [-0.15, -0.1) is 18.7 Å². The van der Waals surface area contributed by atoms with Crippen LogP contribution in [-0.2, 0) is 14.4 Å². The number of benzene rings is 2. The van der Waals surface area contributed by atoms with Crippen molar-refractivity contribution in [1.29, 1.82) is 0 Å². The SMILES string of the molecule is CN1C=CN(c2ccc(OC(F)(F)F)c(C3=C[C@]4(CCCC(C(=O)OC(C)(C)C)[C@H]4c4ccccc4)ON3)c2)N1. The number of hydrogen-bond acceptors (Lipinski definition) is 8. The van der Waals surface area contributed by atoms with Crippen LogP contribution in [0.25, 0.3) is 5.70 Å². The van der Waals surface area contributed by atoms with Crippen LogP contribution in [0.2, 0.25) is 0 Å². The molecule has 0 saturated heterocycles. The standard InChI is InChI=1S/C29H33F3N4O4/c1-27(2,3)39-26(37)21-11-8-14-28(25(21)19-9-6-5-7-10-19)18-23(33-40-28)22-17-20(36-16-15-35(4)34-36)12-13-24(22)38-29(30,31)32/h5-7,9-10,12-13,15-18,21,25,33-34H,8,11,14H2,1-4H3/t21?,25-,28+/m1/s1. The van der Waals surface area contributed by atoms with Gasteiger partial charge in [0.2, 0.25) is 0 Å². The summed E-state index contributed by atoms with van der Waals surface area (Å²) >= 11 is 0. The lowest BCUT2D eigenvalue weighted by Crippen LogP contribution is -2.47. The van der Waals surface area contributed by atoms with Crippen molar-refractivity contribution in [2.45, 2.75) is 63.5 Å². The average molecular weight is 559 g/mol. The van der Waals surface area contributed by atoms with Crippen molar-refractivity contribution in [2.24, 2.45) is 5.92 Å². The van der Waals surface area contributed by atoms with Crippen LogP contribution in [0.5, 0.6) is 5.75 Å². The molecule has 5 rings (SSSR count). The number of carbonyl (C=O) groups is 1. The molecule has 3 atom stereocenters. The number of hydrogen-bond donors (Lipinski definition) is 2. The van der Waals surface area contributed by atoms with E-state index in [2.05, 4.69) is 15.8 Å². The van der Waals surface area contributed by atoms with Crippen LogP contribution in [-0.4, -0.2) is 35.6 Å². The zero-order valence-corrected chi connectivity index (χ0v) is 22.8. The molecule has 1 spiro atoms. The van der Waals surface area contributed by atoms with E-state index in [4.69, 9.17) is 9.57 Å². The maximum Gasteiger partial charge on any atom is 0.573 e. The minimum absolute atomic E-state index is 0.169. The largest absolute Gasteiger partial charge is 0.573 e. The zero-order chi connectivity index (χ0) is 28.7. The zero-order valence-electron chi connectivity index (χ0n) is 22.8. The molecule has 2 aliphatic heterocycles. The maximum atomic E-state index is 13.4. The van der Waals surface area contributed by atoms with E-state index in [-0.39, 0.29) is 17.3 Å². The van der Waals surface area contributed by atoms with Crippen molar-refractivity contribution in [3.63, 3.8) is 0 Å². The fourth-order valence-electron chi connectivity index (χ4n) is 5.57. The van der Waals surface area contributed by atoms with E-state index in [0.29, 0.717) is 30.6 Å². The van der Waals surface area contributed by atoms with Crippen molar-refractivity contribution in [3.05, 3.63) is 78.1 Å². The van der Waals surface area contributed by atoms with Crippen LogP contribution in [0, 0.1) is 5.92 Å². The first-order chi connectivity index (χ1) is 18.8. The monoisotopic (exact) mass is 558 g/mol. The van der Waals surface area contributed by atoms with E-state index < -0.39 is 29.4 Å². The summed E-state index contributed by atoms with van der Waals surface area (Å²) < 4.78 is 50.4. The van der Waals surface area contributed by atoms with Crippen molar-refractivity contribution in [2.75, 3.05) is 12.1 Å². The van der Waals surface area contributed by atoms with Crippen LogP contribution in [0.3, 0.4) is 0 Å². The van der Waals surface area contributed by atoms with Gasteiger partial charge in [0.05, 0.1) is 17.3 Å². The number of carbonyl (C=O) groups excluding carboxylic acids is 1. The second-order valence-corrected chi connectivity index (χ2v) is 11.2. The maximum absolute atomic E-state index is 13.4. The predicted molar refractivity (Wildman–Crippen MR) is 143 cm³/mol. The van der Waals surface area contributed by atoms with Crippen molar-refractivity contribution >= 4 is 17.4 Å². The Morgan fingerprint density at radius 3 is 2.50 bits per heavy atom. The molecule has 1 saturated carbocycles. The molecule has 8 nitrogen and oxygen atoms in total. The summed E-state index contributed by atoms with van der Waals surface area (Å²) in [5, 5.41) is 3.37. The van der Waals surface area contributed by atoms with E-state index in [1.807, 2.05) is 51.1 Å². The number of esters is 1. The summed E-state index contributed by atoms with van der Waals surface area (Å²) in [5.41, 5.74) is 6.22. The molecule has 3 aliphatic rings. The number of hydrazine groups is 2. The van der Waals surface area contributed by atoms with Crippen LogP contribution in [0.4, 0.5) is 18.9 Å². The molecule has 2 aromatic rings. The third kappa shape index (κ3) is 5.90. The van der Waals surface area contributed by atoms with Gasteiger partial charge in [-0.3, -0.25) is 25.1 Å². The number of anilines is 1. The van der Waals surface area contributed by atoms with Crippen LogP contribution < -0.4 is 20.8 Å². The molecular weight excluding hydrogens is 525 g/mol. The normalized spacial score (nSPS) is 24.7. The third-order valence-corrected chi connectivity index (χ3v) is 7.08. The average Bonchev–Trinajstić information content (AvgIpc) is 3.49. The smallest absolute Gasteiger partial charge is 0.460 e. The first-order valence-electron chi connectivity index (χ1n) is 13.2. The fraction of sp³-hybridized carbons (Fsp3) is 0.414. The lowest BCUT2D eigenvalue weighted by Gasteiger charge is -2.43. The Bertz CT molecular complexity index is 1310. The Hall–Kier alpha value is -3.70. The van der Waals surface area contributed by atoms with Gasteiger partial charge >= 0.3 is 12.3 Å². The highest BCUT2D eigenvalue weighted by Gasteiger charge is 2.53. The number of nitrogens with zero attached hydrogens (tertiary/aromatic N) is 2. The lowest BCUT2D eigenvalue weighted by atomic mass is 9.65. The molecule has 0 radical (unpaired) electrons. The fourth-order valence-corrected chi connectivity index (χ4v) is 5.57. The highest BCUT2D eigenvalue weighted by molar-refractivity contribution is 5.77. The van der Waals surface area contributed by atoms with Crippen molar-refractivity contribution in [1.82, 2.24) is 16.0 Å². The summed E-state index contributed by atoms with van der Waals surface area (Å²) in [6, 6.07) is 13.9. The first-order valence-corrected chi connectivity index (χ1v) is 13.2. The van der Waals surface area contributed by atoms with Crippen molar-refractivity contribution in [3.8, 4) is 5.75 Å². The topological polar surface area (TPSA) is 75.3 Å². The Morgan fingerprint density at radius 2 is 1.85 bits per heavy atom. The summed E-state index contributed by atoms with van der Waals surface area (Å²) in [4.78, 5) is 19.7. The number of hydroxylamine groups is 1. The van der Waals surface area contributed by atoms with Gasteiger partial charge in [0.25, 0.3) is 0 Å². The minimum Gasteiger partial charge on any atom is -0.460 e. The highest BCUT2D eigenvalue weighted by Crippen LogP contribution is 2.51. The Kier molecular flexibility index (Phi) is 7.22. The first kappa shape index (κ1) is 27.9. The molecule has 40 heavy (non-hydrogen) atoms. The molecule has 2 aromatic carbocycles. The summed E-state index contributed by atoms with van der Waals surface area (Å²) in [7, 11) is 1.80. The van der Waals surface area contributed by atoms with Gasteiger partial charge in [-0.2, -0.15) is 0 Å². The molecule has 2 N–H and O–H groups in total.